The zero-order valence-corrected chi connectivity index (χ0v) is 16.0. The van der Waals surface area contributed by atoms with Crippen LogP contribution in [0, 0.1) is 59.6 Å². The van der Waals surface area contributed by atoms with Crippen molar-refractivity contribution >= 4 is 0 Å². The summed E-state index contributed by atoms with van der Waals surface area (Å²) in [5.41, 5.74) is 0. The van der Waals surface area contributed by atoms with Gasteiger partial charge >= 0.3 is 175 Å². The summed E-state index contributed by atoms with van der Waals surface area (Å²) in [5, 5.41) is 51.6. The summed E-state index contributed by atoms with van der Waals surface area (Å²) in [4.78, 5) is 0. The van der Waals surface area contributed by atoms with Gasteiger partial charge in [0, 0.05) is 0 Å². The molecule has 0 spiro atoms. The first-order chi connectivity index (χ1) is 5.97. The van der Waals surface area contributed by atoms with E-state index in [2.05, 4.69) is 0 Å². The van der Waals surface area contributed by atoms with Crippen molar-refractivity contribution in [3.63, 3.8) is 0 Å². The minimum Gasteiger partial charge on any atom is 1.00 e. The van der Waals surface area contributed by atoms with E-state index >= 15 is 0 Å². The predicted octanol–water partition coefficient (Wildman–Crippen LogP) is -5.89. The minimum atomic E-state index is -6.55. The number of nitriles is 6. The molecule has 0 saturated carbocycles. The van der Waals surface area contributed by atoms with Gasteiger partial charge in [0.1, 0.15) is 0 Å². The molecule has 0 aliphatic carbocycles. The number of nitrogens with zero attached hydrogens (tertiary/aromatic N) is 6. The first-order valence-electron chi connectivity index (χ1n) is 2.40. The van der Waals surface area contributed by atoms with Crippen LogP contribution in [0.2, 0.25) is 0 Å². The Kier molecular flexibility index (Phi) is 8.40. The van der Waals surface area contributed by atoms with Gasteiger partial charge in [-0.05, 0) is 0 Å². The Morgan fingerprint density at radius 1 is 0.467 bits per heavy atom. The van der Waals surface area contributed by atoms with Gasteiger partial charge in [-0.15, -0.1) is 0 Å². The average Bonchev–Trinajstić information content (AvgIpc) is 2.26. The van der Waals surface area contributed by atoms with Gasteiger partial charge in [0.05, 0.1) is 0 Å². The Labute approximate surface area is 170 Å². The monoisotopic (exact) mass is 336 g/mol. The Balaban J connectivity index is -0.000000720. The Bertz CT molecular complexity index is 395. The summed E-state index contributed by atoms with van der Waals surface area (Å²) in [6.45, 7) is 0. The molecular weight excluding hydrogens is 335 g/mol. The molecule has 0 bridgehead atoms. The molecule has 0 aromatic rings. The van der Waals surface area contributed by atoms with Crippen molar-refractivity contribution in [2.75, 3.05) is 0 Å². The summed E-state index contributed by atoms with van der Waals surface area (Å²) in [5.74, 6) is 0. The summed E-state index contributed by atoms with van der Waals surface area (Å²) in [7, 11) is 0. The second-order valence-electron chi connectivity index (χ2n) is 1.80. The number of hydrogen-bond donors (Lipinski definition) is 0. The van der Waals surface area contributed by atoms with Gasteiger partial charge in [-0.3, -0.25) is 0 Å². The summed E-state index contributed by atoms with van der Waals surface area (Å²) in [6.07, 6.45) is 0. The van der Waals surface area contributed by atoms with Crippen LogP contribution in [0.25, 0.3) is 0 Å². The topological polar surface area (TPSA) is 143 Å². The van der Waals surface area contributed by atoms with Crippen molar-refractivity contribution in [3.8, 4) is 28.0 Å². The molecule has 0 amide bonds. The van der Waals surface area contributed by atoms with Crippen molar-refractivity contribution in [1.82, 2.24) is 0 Å². The Hall–Kier alpha value is 0.836. The molecule has 0 aliphatic heterocycles. The molecule has 0 saturated heterocycles. The van der Waals surface area contributed by atoms with E-state index in [1.807, 2.05) is 0 Å². The maximum absolute atomic E-state index is 8.59. The first kappa shape index (κ1) is 21.2. The van der Waals surface area contributed by atoms with E-state index in [4.69, 9.17) is 31.6 Å². The van der Waals surface area contributed by atoms with Crippen molar-refractivity contribution < 1.29 is 115 Å². The molecule has 9 heteroatoms. The molecule has 0 heterocycles. The third kappa shape index (κ3) is 2.57. The van der Waals surface area contributed by atoms with E-state index in [0.717, 1.165) is 28.0 Å². The fourth-order valence-corrected chi connectivity index (χ4v) is 1.57. The molecule has 0 aromatic carbocycles. The standard InChI is InChI=1S/6CN.2K.Ru/c6*1-2;;;/q;;;;;;2*+1;-2. The van der Waals surface area contributed by atoms with Crippen LogP contribution in [-0.2, 0) is 12.4 Å². The molecule has 0 radical (unpaired) electrons. The number of hydrogen-bond acceptors (Lipinski definition) is 6. The van der Waals surface area contributed by atoms with E-state index in [0.29, 0.717) is 0 Å². The summed E-state index contributed by atoms with van der Waals surface area (Å²) < 4.78 is 6.37. The predicted molar refractivity (Wildman–Crippen MR) is 33.7 cm³/mol. The molecular formula is C6K2N6Ru. The van der Waals surface area contributed by atoms with Gasteiger partial charge in [-0.2, -0.15) is 0 Å². The maximum atomic E-state index is 8.59. The van der Waals surface area contributed by atoms with E-state index in [1.54, 1.807) is 0 Å². The van der Waals surface area contributed by atoms with Crippen molar-refractivity contribution in [2.45, 2.75) is 0 Å². The molecule has 0 aromatic heterocycles. The third-order valence-electron chi connectivity index (χ3n) is 1.19. The minimum absolute atomic E-state index is 0. The maximum Gasteiger partial charge on any atom is 1.00 e. The van der Waals surface area contributed by atoms with Crippen molar-refractivity contribution in [1.29, 1.82) is 31.6 Å². The van der Waals surface area contributed by atoms with Crippen LogP contribution < -0.4 is 103 Å². The molecule has 0 aliphatic rings. The van der Waals surface area contributed by atoms with Crippen molar-refractivity contribution in [2.24, 2.45) is 0 Å². The fraction of sp³-hybridized carbons (Fsp3) is 0. The van der Waals surface area contributed by atoms with Crippen LogP contribution >= 0.6 is 0 Å². The van der Waals surface area contributed by atoms with Gasteiger partial charge in [-0.1, -0.05) is 0 Å². The molecule has 6 nitrogen and oxygen atoms in total. The van der Waals surface area contributed by atoms with Crippen LogP contribution in [0.3, 0.4) is 0 Å². The normalized spacial score (nSPS) is 11.6. The van der Waals surface area contributed by atoms with Gasteiger partial charge in [0.2, 0.25) is 0 Å². The summed E-state index contributed by atoms with van der Waals surface area (Å²) >= 11 is -6.55. The first-order valence-corrected chi connectivity index (χ1v) is 7.62. The van der Waals surface area contributed by atoms with Crippen LogP contribution in [0.1, 0.15) is 0 Å². The van der Waals surface area contributed by atoms with Gasteiger partial charge < -0.3 is 0 Å². The van der Waals surface area contributed by atoms with Crippen LogP contribution in [0.15, 0.2) is 0 Å². The second kappa shape index (κ2) is 5.96. The molecule has 0 rings (SSSR count). The van der Waals surface area contributed by atoms with E-state index in [1.165, 1.54) is 0 Å². The smallest absolute Gasteiger partial charge is 1.00 e. The zero-order valence-electron chi connectivity index (χ0n) is 8.04. The summed E-state index contributed by atoms with van der Waals surface area (Å²) in [6, 6.07) is 0. The van der Waals surface area contributed by atoms with E-state index in [-0.39, 0.29) is 103 Å². The van der Waals surface area contributed by atoms with Crippen molar-refractivity contribution in [3.05, 3.63) is 0 Å². The second-order valence-corrected chi connectivity index (χ2v) is 10.6. The Morgan fingerprint density at radius 3 is 0.600 bits per heavy atom. The third-order valence-corrected chi connectivity index (χ3v) is 7.02. The van der Waals surface area contributed by atoms with Gasteiger partial charge in [0.25, 0.3) is 0 Å². The molecule has 0 atom stereocenters. The van der Waals surface area contributed by atoms with E-state index in [9.17, 15) is 0 Å². The molecule has 0 fully saturated rings. The average molecular weight is 335 g/mol. The van der Waals surface area contributed by atoms with Gasteiger partial charge in [0.15, 0.2) is 0 Å². The Morgan fingerprint density at radius 2 is 0.600 bits per heavy atom. The fourth-order valence-electron chi connectivity index (χ4n) is 0.265. The van der Waals surface area contributed by atoms with E-state index < -0.39 is 12.4 Å². The molecule has 0 unspecified atom stereocenters. The SMILES string of the molecule is N#[C][Ru-2]([C]#N)([C]#N)([C]#N)([C]#N)[C]#N.[K+].[K+]. The molecule has 64 valence electrons. The van der Waals surface area contributed by atoms with Crippen LogP contribution in [-0.4, -0.2) is 0 Å². The zero-order chi connectivity index (χ0) is 10.7. The molecule has 0 N–H and O–H groups in total. The van der Waals surface area contributed by atoms with Crippen LogP contribution in [0.5, 0.6) is 0 Å². The quantitative estimate of drug-likeness (QED) is 0.403. The molecule has 15 heavy (non-hydrogen) atoms. The number of rotatable bonds is 0. The largest absolute Gasteiger partial charge is 1.00 e. The van der Waals surface area contributed by atoms with Gasteiger partial charge in [-0.25, -0.2) is 0 Å². The van der Waals surface area contributed by atoms with Crippen LogP contribution in [0.4, 0.5) is 0 Å².